The van der Waals surface area contributed by atoms with Gasteiger partial charge in [0.05, 0.1) is 40.3 Å². The largest absolute Gasteiger partial charge is 0.387 e. The Morgan fingerprint density at radius 1 is 1.39 bits per heavy atom. The van der Waals surface area contributed by atoms with E-state index in [1.165, 1.54) is 13.0 Å². The van der Waals surface area contributed by atoms with Crippen molar-refractivity contribution >= 4 is 32.2 Å². The lowest BCUT2D eigenvalue weighted by Crippen LogP contribution is -2.16. The van der Waals surface area contributed by atoms with Crippen molar-refractivity contribution in [3.63, 3.8) is 0 Å². The number of pyridine rings is 1. The summed E-state index contributed by atoms with van der Waals surface area (Å²) in [5, 5.41) is 26.9. The smallest absolute Gasteiger partial charge is 0.261 e. The van der Waals surface area contributed by atoms with Crippen LogP contribution in [-0.4, -0.2) is 33.5 Å². The minimum atomic E-state index is -3.56. The third-order valence-corrected chi connectivity index (χ3v) is 8.46. The number of anilines is 2. The van der Waals surface area contributed by atoms with Crippen molar-refractivity contribution in [2.45, 2.75) is 48.5 Å². The molecule has 0 bridgehead atoms. The predicted octanol–water partition coefficient (Wildman–Crippen LogP) is 2.54. The van der Waals surface area contributed by atoms with Gasteiger partial charge in [-0.15, -0.1) is 0 Å². The van der Waals surface area contributed by atoms with Crippen LogP contribution in [0.5, 0.6) is 0 Å². The van der Waals surface area contributed by atoms with Crippen molar-refractivity contribution in [2.75, 3.05) is 5.32 Å². The van der Waals surface area contributed by atoms with E-state index in [0.29, 0.717) is 40.3 Å². The van der Waals surface area contributed by atoms with E-state index in [-0.39, 0.29) is 16.5 Å². The Hall–Kier alpha value is -3.16. The van der Waals surface area contributed by atoms with Crippen molar-refractivity contribution in [1.29, 1.82) is 5.26 Å². The lowest BCUT2D eigenvalue weighted by atomic mass is 10.1. The molecule has 160 valence electrons. The number of aromatic amines is 1. The van der Waals surface area contributed by atoms with Crippen LogP contribution in [0.25, 0.3) is 10.9 Å². The van der Waals surface area contributed by atoms with Crippen LogP contribution in [0, 0.1) is 17.2 Å². The molecule has 3 N–H and O–H groups in total. The van der Waals surface area contributed by atoms with Crippen LogP contribution in [-0.2, 0) is 9.84 Å². The van der Waals surface area contributed by atoms with Crippen molar-refractivity contribution in [3.8, 4) is 6.07 Å². The van der Waals surface area contributed by atoms with Crippen molar-refractivity contribution in [3.05, 3.63) is 46.4 Å². The van der Waals surface area contributed by atoms with E-state index < -0.39 is 21.2 Å². The second-order valence-corrected chi connectivity index (χ2v) is 10.5. The summed E-state index contributed by atoms with van der Waals surface area (Å²) in [6.07, 6.45) is 2.79. The monoisotopic (exact) mass is 439 g/mol. The molecule has 1 saturated carbocycles. The predicted molar refractivity (Wildman–Crippen MR) is 114 cm³/mol. The van der Waals surface area contributed by atoms with Gasteiger partial charge in [0.1, 0.15) is 5.39 Å². The Morgan fingerprint density at radius 3 is 2.87 bits per heavy atom. The number of nitrogens with zero attached hydrogens (tertiary/aromatic N) is 3. The highest BCUT2D eigenvalue weighted by Crippen LogP contribution is 2.43. The van der Waals surface area contributed by atoms with E-state index in [9.17, 15) is 23.6 Å². The standard InChI is InChI=1S/C21H21N5O4S/c1-11-19(27)14-10-13(4-5-17(14)31(11,29)30)24-20-18-16(7-9-23-21(18)28)26(25-20)15(6-8-22)12-2-3-12/h4-5,7,9-12,15,19,27H,2-3,6H2,1H3,(H,23,28)(H,24,25)/t11-,15+,19-/m1/s1. The lowest BCUT2D eigenvalue weighted by molar-refractivity contribution is 0.179. The quantitative estimate of drug-likeness (QED) is 0.555. The van der Waals surface area contributed by atoms with Crippen LogP contribution >= 0.6 is 0 Å². The fourth-order valence-electron chi connectivity index (χ4n) is 4.34. The molecular formula is C21H21N5O4S. The third kappa shape index (κ3) is 3.04. The molecule has 0 radical (unpaired) electrons. The number of aliphatic hydroxyl groups excluding tert-OH is 1. The SMILES string of the molecule is C[C@@H]1[C@@H](O)c2cc(Nc3nn([C@@H](CC#N)C4CC4)c4cc[nH]c(=O)c34)ccc2S1(=O)=O. The molecule has 3 aromatic rings. The van der Waals surface area contributed by atoms with Gasteiger partial charge in [0, 0.05) is 17.4 Å². The highest BCUT2D eigenvalue weighted by Gasteiger charge is 2.41. The molecule has 1 aliphatic carbocycles. The number of benzene rings is 1. The molecular weight excluding hydrogens is 418 g/mol. The van der Waals surface area contributed by atoms with E-state index in [4.69, 9.17) is 0 Å². The number of hydrogen-bond donors (Lipinski definition) is 3. The van der Waals surface area contributed by atoms with Crippen LogP contribution in [0.1, 0.15) is 43.9 Å². The second-order valence-electron chi connectivity index (χ2n) is 8.20. The number of sulfone groups is 1. The molecule has 10 heteroatoms. The van der Waals surface area contributed by atoms with E-state index in [0.717, 1.165) is 12.8 Å². The Labute approximate surface area is 178 Å². The van der Waals surface area contributed by atoms with Crippen molar-refractivity contribution in [1.82, 2.24) is 14.8 Å². The van der Waals surface area contributed by atoms with Crippen molar-refractivity contribution < 1.29 is 13.5 Å². The second kappa shape index (κ2) is 6.93. The molecule has 0 amide bonds. The molecule has 2 aliphatic rings. The zero-order chi connectivity index (χ0) is 21.9. The van der Waals surface area contributed by atoms with Gasteiger partial charge in [-0.05, 0) is 49.9 Å². The molecule has 5 rings (SSSR count). The van der Waals surface area contributed by atoms with Gasteiger partial charge < -0.3 is 15.4 Å². The Balaban J connectivity index is 1.60. The fraction of sp³-hybridized carbons (Fsp3) is 0.381. The maximum atomic E-state index is 12.6. The highest BCUT2D eigenvalue weighted by atomic mass is 32.2. The van der Waals surface area contributed by atoms with E-state index in [1.807, 2.05) is 0 Å². The maximum Gasteiger partial charge on any atom is 0.261 e. The van der Waals surface area contributed by atoms with E-state index in [2.05, 4.69) is 21.5 Å². The number of rotatable bonds is 5. The van der Waals surface area contributed by atoms with Gasteiger partial charge in [-0.2, -0.15) is 10.4 Å². The van der Waals surface area contributed by atoms with Gasteiger partial charge in [0.2, 0.25) is 0 Å². The fourth-order valence-corrected chi connectivity index (χ4v) is 6.00. The number of fused-ring (bicyclic) bond motifs is 2. The topological polar surface area (TPSA) is 141 Å². The van der Waals surface area contributed by atoms with Gasteiger partial charge in [-0.3, -0.25) is 9.48 Å². The molecule has 31 heavy (non-hydrogen) atoms. The summed E-state index contributed by atoms with van der Waals surface area (Å²) in [6, 6.07) is 8.51. The van der Waals surface area contributed by atoms with Gasteiger partial charge in [-0.25, -0.2) is 8.42 Å². The Morgan fingerprint density at radius 2 is 2.16 bits per heavy atom. The Kier molecular flexibility index (Phi) is 4.42. The van der Waals surface area contributed by atoms with E-state index >= 15 is 0 Å². The highest BCUT2D eigenvalue weighted by molar-refractivity contribution is 7.92. The molecule has 1 aromatic carbocycles. The van der Waals surface area contributed by atoms with E-state index in [1.54, 1.807) is 29.1 Å². The number of aliphatic hydroxyl groups is 1. The first kappa shape index (κ1) is 19.8. The number of H-pyrrole nitrogens is 1. The first-order valence-corrected chi connectivity index (χ1v) is 11.7. The molecule has 9 nitrogen and oxygen atoms in total. The van der Waals surface area contributed by atoms with Crippen molar-refractivity contribution in [2.24, 2.45) is 5.92 Å². The number of nitriles is 1. The maximum absolute atomic E-state index is 12.6. The summed E-state index contributed by atoms with van der Waals surface area (Å²) in [5.74, 6) is 0.681. The summed E-state index contributed by atoms with van der Waals surface area (Å²) in [6.45, 7) is 1.48. The summed E-state index contributed by atoms with van der Waals surface area (Å²) in [4.78, 5) is 15.4. The minimum Gasteiger partial charge on any atom is -0.387 e. The zero-order valence-corrected chi connectivity index (χ0v) is 17.6. The van der Waals surface area contributed by atoms with Gasteiger partial charge in [0.15, 0.2) is 15.7 Å². The summed E-state index contributed by atoms with van der Waals surface area (Å²) in [5.41, 5.74) is 1.17. The first-order valence-electron chi connectivity index (χ1n) is 10.1. The molecule has 1 fully saturated rings. The molecule has 0 saturated heterocycles. The number of hydrogen-bond acceptors (Lipinski definition) is 7. The molecule has 1 aliphatic heterocycles. The molecule has 0 unspecified atom stereocenters. The van der Waals surface area contributed by atoms with Gasteiger partial charge in [0.25, 0.3) is 5.56 Å². The molecule has 0 spiro atoms. The van der Waals surface area contributed by atoms with Gasteiger partial charge in [-0.1, -0.05) is 0 Å². The molecule has 3 heterocycles. The Bertz CT molecular complexity index is 1400. The van der Waals surface area contributed by atoms with Crippen LogP contribution < -0.4 is 10.9 Å². The van der Waals surface area contributed by atoms with Crippen LogP contribution in [0.15, 0.2) is 40.2 Å². The molecule has 3 atom stereocenters. The third-order valence-electron chi connectivity index (χ3n) is 6.24. The lowest BCUT2D eigenvalue weighted by Gasteiger charge is -2.14. The molecule has 2 aromatic heterocycles. The van der Waals surface area contributed by atoms with Gasteiger partial charge >= 0.3 is 0 Å². The summed E-state index contributed by atoms with van der Waals surface area (Å²) < 4.78 is 26.6. The first-order chi connectivity index (χ1) is 14.8. The summed E-state index contributed by atoms with van der Waals surface area (Å²) in [7, 11) is -3.56. The normalized spacial score (nSPS) is 22.7. The zero-order valence-electron chi connectivity index (χ0n) is 16.7. The van der Waals surface area contributed by atoms with Crippen LogP contribution in [0.4, 0.5) is 11.5 Å². The minimum absolute atomic E-state index is 0.113. The average molecular weight is 439 g/mol. The summed E-state index contributed by atoms with van der Waals surface area (Å²) >= 11 is 0. The van der Waals surface area contributed by atoms with Crippen LogP contribution in [0.2, 0.25) is 0 Å². The average Bonchev–Trinajstić information content (AvgIpc) is 3.50. The number of aromatic nitrogens is 3. The number of nitrogens with one attached hydrogen (secondary N) is 2. The van der Waals surface area contributed by atoms with Crippen LogP contribution in [0.3, 0.4) is 0 Å².